The van der Waals surface area contributed by atoms with Crippen LogP contribution in [0.25, 0.3) is 0 Å². The van der Waals surface area contributed by atoms with Gasteiger partial charge in [-0.1, -0.05) is 30.3 Å². The summed E-state index contributed by atoms with van der Waals surface area (Å²) in [6, 6.07) is 12.0. The van der Waals surface area contributed by atoms with E-state index in [0.29, 0.717) is 19.5 Å². The molecular weight excluding hydrogens is 228 g/mol. The van der Waals surface area contributed by atoms with Crippen LogP contribution in [0.3, 0.4) is 0 Å². The van der Waals surface area contributed by atoms with Gasteiger partial charge in [0.2, 0.25) is 0 Å². The zero-order valence-electron chi connectivity index (χ0n) is 10.8. The summed E-state index contributed by atoms with van der Waals surface area (Å²) in [7, 11) is 3.28. The molecule has 96 valence electrons. The first-order chi connectivity index (χ1) is 8.67. The highest BCUT2D eigenvalue weighted by Gasteiger charge is 2.13. The number of likely N-dealkylation sites (N-methyl/N-ethyl adjacent to an activating group) is 1. The lowest BCUT2D eigenvalue weighted by Gasteiger charge is -2.19. The second kappa shape index (κ2) is 7.46. The summed E-state index contributed by atoms with van der Waals surface area (Å²) >= 11 is 0. The molecule has 18 heavy (non-hydrogen) atoms. The van der Waals surface area contributed by atoms with Gasteiger partial charge in [-0.05, 0) is 12.6 Å². The van der Waals surface area contributed by atoms with Crippen LogP contribution in [0.1, 0.15) is 17.9 Å². The Labute approximate surface area is 108 Å². The summed E-state index contributed by atoms with van der Waals surface area (Å²) in [4.78, 5) is 13.0. The lowest BCUT2D eigenvalue weighted by atomic mass is 10.0. The van der Waals surface area contributed by atoms with E-state index in [-0.39, 0.29) is 11.9 Å². The summed E-state index contributed by atoms with van der Waals surface area (Å²) in [5.74, 6) is -0.399. The van der Waals surface area contributed by atoms with Crippen LogP contribution >= 0.6 is 0 Å². The number of esters is 1. The maximum atomic E-state index is 11.0. The lowest BCUT2D eigenvalue weighted by Crippen LogP contribution is -2.26. The first-order valence-corrected chi connectivity index (χ1v) is 5.87. The Bertz CT molecular complexity index is 412. The van der Waals surface area contributed by atoms with Gasteiger partial charge in [0, 0.05) is 13.1 Å². The standard InChI is InChI=1S/C14H18N2O2/c1-16(9-8-14(17)18-2)11-13(10-15)12-6-4-3-5-7-12/h3-7,13H,8-9,11H2,1-2H3. The fourth-order valence-electron chi connectivity index (χ4n) is 1.69. The molecule has 0 bridgehead atoms. The van der Waals surface area contributed by atoms with E-state index < -0.39 is 0 Å². The monoisotopic (exact) mass is 246 g/mol. The van der Waals surface area contributed by atoms with Gasteiger partial charge in [0.05, 0.1) is 25.5 Å². The van der Waals surface area contributed by atoms with Crippen molar-refractivity contribution in [3.05, 3.63) is 35.9 Å². The number of hydrogen-bond acceptors (Lipinski definition) is 4. The number of carbonyl (C=O) groups excluding carboxylic acids is 1. The summed E-state index contributed by atoms with van der Waals surface area (Å²) in [5, 5.41) is 9.18. The van der Waals surface area contributed by atoms with Crippen molar-refractivity contribution in [2.45, 2.75) is 12.3 Å². The zero-order valence-corrected chi connectivity index (χ0v) is 10.8. The van der Waals surface area contributed by atoms with Gasteiger partial charge < -0.3 is 9.64 Å². The van der Waals surface area contributed by atoms with E-state index in [2.05, 4.69) is 10.8 Å². The van der Waals surface area contributed by atoms with Crippen molar-refractivity contribution in [3.63, 3.8) is 0 Å². The summed E-state index contributed by atoms with van der Waals surface area (Å²) < 4.78 is 4.59. The van der Waals surface area contributed by atoms with Crippen LogP contribution in [0.4, 0.5) is 0 Å². The van der Waals surface area contributed by atoms with Crippen LogP contribution in [-0.4, -0.2) is 38.1 Å². The van der Waals surface area contributed by atoms with E-state index >= 15 is 0 Å². The Kier molecular flexibility index (Phi) is 5.89. The number of methoxy groups -OCH3 is 1. The number of carbonyl (C=O) groups is 1. The van der Waals surface area contributed by atoms with Crippen molar-refractivity contribution in [2.75, 3.05) is 27.2 Å². The molecule has 4 nitrogen and oxygen atoms in total. The third-order valence-corrected chi connectivity index (χ3v) is 2.78. The average molecular weight is 246 g/mol. The molecule has 0 saturated heterocycles. The summed E-state index contributed by atoms with van der Waals surface area (Å²) in [5.41, 5.74) is 1.00. The minimum absolute atomic E-state index is 0.172. The van der Waals surface area contributed by atoms with Gasteiger partial charge in [-0.25, -0.2) is 0 Å². The van der Waals surface area contributed by atoms with Crippen molar-refractivity contribution in [1.29, 1.82) is 5.26 Å². The molecule has 1 unspecified atom stereocenters. The zero-order chi connectivity index (χ0) is 13.4. The maximum Gasteiger partial charge on any atom is 0.306 e. The molecule has 1 aromatic carbocycles. The number of hydrogen-bond donors (Lipinski definition) is 0. The number of ether oxygens (including phenoxy) is 1. The SMILES string of the molecule is COC(=O)CCN(C)CC(C#N)c1ccccc1. The number of rotatable bonds is 6. The average Bonchev–Trinajstić information content (AvgIpc) is 2.43. The largest absolute Gasteiger partial charge is 0.469 e. The van der Waals surface area contributed by atoms with E-state index in [9.17, 15) is 10.1 Å². The molecule has 1 rings (SSSR count). The highest BCUT2D eigenvalue weighted by molar-refractivity contribution is 5.69. The van der Waals surface area contributed by atoms with Crippen LogP contribution in [-0.2, 0) is 9.53 Å². The quantitative estimate of drug-likeness (QED) is 0.718. The summed E-state index contributed by atoms with van der Waals surface area (Å²) in [6.45, 7) is 1.20. The van der Waals surface area contributed by atoms with E-state index in [1.807, 2.05) is 42.3 Å². The second-order valence-corrected chi connectivity index (χ2v) is 4.18. The van der Waals surface area contributed by atoms with Gasteiger partial charge in [0.25, 0.3) is 0 Å². The van der Waals surface area contributed by atoms with E-state index in [0.717, 1.165) is 5.56 Å². The molecule has 1 atom stereocenters. The van der Waals surface area contributed by atoms with Crippen LogP contribution < -0.4 is 0 Å². The van der Waals surface area contributed by atoms with Crippen LogP contribution in [0, 0.1) is 11.3 Å². The fraction of sp³-hybridized carbons (Fsp3) is 0.429. The molecule has 0 radical (unpaired) electrons. The Morgan fingerprint density at radius 3 is 2.67 bits per heavy atom. The molecule has 0 spiro atoms. The molecule has 0 saturated carbocycles. The van der Waals surface area contributed by atoms with Crippen molar-refractivity contribution in [1.82, 2.24) is 4.90 Å². The molecule has 0 heterocycles. The minimum atomic E-state index is -0.227. The normalized spacial score (nSPS) is 11.9. The summed E-state index contributed by atoms with van der Waals surface area (Å²) in [6.07, 6.45) is 0.347. The minimum Gasteiger partial charge on any atom is -0.469 e. The molecule has 0 aliphatic heterocycles. The Balaban J connectivity index is 2.49. The Morgan fingerprint density at radius 1 is 1.44 bits per heavy atom. The molecule has 0 fully saturated rings. The smallest absolute Gasteiger partial charge is 0.306 e. The van der Waals surface area contributed by atoms with Crippen molar-refractivity contribution in [3.8, 4) is 6.07 Å². The molecule has 0 N–H and O–H groups in total. The maximum absolute atomic E-state index is 11.0. The Hall–Kier alpha value is -1.86. The van der Waals surface area contributed by atoms with Gasteiger partial charge in [0.15, 0.2) is 0 Å². The van der Waals surface area contributed by atoms with Crippen molar-refractivity contribution in [2.24, 2.45) is 0 Å². The second-order valence-electron chi connectivity index (χ2n) is 4.18. The van der Waals surface area contributed by atoms with Gasteiger partial charge in [-0.3, -0.25) is 4.79 Å². The molecule has 0 aromatic heterocycles. The first-order valence-electron chi connectivity index (χ1n) is 5.87. The van der Waals surface area contributed by atoms with Crippen molar-refractivity contribution < 1.29 is 9.53 Å². The number of benzene rings is 1. The third-order valence-electron chi connectivity index (χ3n) is 2.78. The van der Waals surface area contributed by atoms with Gasteiger partial charge >= 0.3 is 5.97 Å². The van der Waals surface area contributed by atoms with E-state index in [4.69, 9.17) is 0 Å². The molecule has 4 heteroatoms. The predicted molar refractivity (Wildman–Crippen MR) is 68.9 cm³/mol. The van der Waals surface area contributed by atoms with Crippen molar-refractivity contribution >= 4 is 5.97 Å². The van der Waals surface area contributed by atoms with Crippen LogP contribution in [0.5, 0.6) is 0 Å². The van der Waals surface area contributed by atoms with Gasteiger partial charge in [-0.2, -0.15) is 5.26 Å². The highest BCUT2D eigenvalue weighted by atomic mass is 16.5. The Morgan fingerprint density at radius 2 is 2.11 bits per heavy atom. The van der Waals surface area contributed by atoms with Crippen LogP contribution in [0.2, 0.25) is 0 Å². The first kappa shape index (κ1) is 14.2. The van der Waals surface area contributed by atoms with Crippen LogP contribution in [0.15, 0.2) is 30.3 Å². The lowest BCUT2D eigenvalue weighted by molar-refractivity contribution is -0.140. The number of nitrogens with zero attached hydrogens (tertiary/aromatic N) is 2. The number of nitriles is 1. The van der Waals surface area contributed by atoms with E-state index in [1.54, 1.807) is 0 Å². The topological polar surface area (TPSA) is 53.3 Å². The molecule has 1 aromatic rings. The van der Waals surface area contributed by atoms with Gasteiger partial charge in [0.1, 0.15) is 0 Å². The molecular formula is C14H18N2O2. The molecule has 0 aliphatic rings. The predicted octanol–water partition coefficient (Wildman–Crippen LogP) is 1.79. The third kappa shape index (κ3) is 4.56. The van der Waals surface area contributed by atoms with Gasteiger partial charge in [-0.15, -0.1) is 0 Å². The molecule has 0 amide bonds. The highest BCUT2D eigenvalue weighted by Crippen LogP contribution is 2.15. The van der Waals surface area contributed by atoms with E-state index in [1.165, 1.54) is 7.11 Å². The molecule has 0 aliphatic carbocycles. The fourth-order valence-corrected chi connectivity index (χ4v) is 1.69.